The molecule has 1 unspecified atom stereocenters. The van der Waals surface area contributed by atoms with Gasteiger partial charge < -0.3 is 9.67 Å². The molecular formula is C10H14N4O. The Kier molecular flexibility index (Phi) is 2.55. The third-order valence-corrected chi connectivity index (χ3v) is 2.46. The van der Waals surface area contributed by atoms with E-state index in [9.17, 15) is 5.11 Å². The van der Waals surface area contributed by atoms with Crippen LogP contribution in [0.5, 0.6) is 0 Å². The van der Waals surface area contributed by atoms with Gasteiger partial charge in [-0.3, -0.25) is 4.68 Å². The molecule has 0 fully saturated rings. The Morgan fingerprint density at radius 2 is 2.27 bits per heavy atom. The molecule has 0 saturated heterocycles. The maximum atomic E-state index is 10.1. The second kappa shape index (κ2) is 3.86. The lowest BCUT2D eigenvalue weighted by molar-refractivity contribution is 0.199. The van der Waals surface area contributed by atoms with E-state index in [1.54, 1.807) is 28.0 Å². The average Bonchev–Trinajstić information content (AvgIpc) is 2.84. The molecule has 0 aliphatic carbocycles. The zero-order valence-electron chi connectivity index (χ0n) is 8.83. The number of hydrogen-bond donors (Lipinski definition) is 1. The van der Waals surface area contributed by atoms with Crippen molar-refractivity contribution in [1.82, 2.24) is 19.3 Å². The number of hydrogen-bond acceptors (Lipinski definition) is 3. The molecule has 5 heteroatoms. The van der Waals surface area contributed by atoms with E-state index in [4.69, 9.17) is 0 Å². The highest BCUT2D eigenvalue weighted by Crippen LogP contribution is 2.20. The second-order valence-corrected chi connectivity index (χ2v) is 3.40. The number of aryl methyl sites for hydroxylation is 2. The molecule has 0 spiro atoms. The van der Waals surface area contributed by atoms with Crippen molar-refractivity contribution in [2.24, 2.45) is 7.05 Å². The molecule has 0 amide bonds. The number of aliphatic hydroxyl groups excluding tert-OH is 1. The van der Waals surface area contributed by atoms with Crippen LogP contribution in [0.3, 0.4) is 0 Å². The minimum Gasteiger partial charge on any atom is -0.380 e. The largest absolute Gasteiger partial charge is 0.380 e. The van der Waals surface area contributed by atoms with Gasteiger partial charge in [-0.15, -0.1) is 0 Å². The lowest BCUT2D eigenvalue weighted by Gasteiger charge is -2.12. The fraction of sp³-hybridized carbons (Fsp3) is 0.400. The Morgan fingerprint density at radius 1 is 1.47 bits per heavy atom. The van der Waals surface area contributed by atoms with Crippen molar-refractivity contribution in [3.63, 3.8) is 0 Å². The van der Waals surface area contributed by atoms with Gasteiger partial charge in [0.1, 0.15) is 6.10 Å². The predicted octanol–water partition coefficient (Wildman–Crippen LogP) is 0.718. The average molecular weight is 206 g/mol. The van der Waals surface area contributed by atoms with Gasteiger partial charge in [0.2, 0.25) is 0 Å². The van der Waals surface area contributed by atoms with Crippen LogP contribution in [0.15, 0.2) is 24.8 Å². The molecule has 1 N–H and O–H groups in total. The minimum absolute atomic E-state index is 0.667. The van der Waals surface area contributed by atoms with Crippen molar-refractivity contribution >= 4 is 0 Å². The summed E-state index contributed by atoms with van der Waals surface area (Å²) in [7, 11) is 1.86. The van der Waals surface area contributed by atoms with Crippen molar-refractivity contribution < 1.29 is 5.11 Å². The monoisotopic (exact) mass is 206 g/mol. The number of aliphatic hydroxyl groups is 1. The van der Waals surface area contributed by atoms with E-state index < -0.39 is 6.10 Å². The SMILES string of the molecule is CCn1nccc1C(O)c1cncn1C. The van der Waals surface area contributed by atoms with Gasteiger partial charge >= 0.3 is 0 Å². The lowest BCUT2D eigenvalue weighted by atomic mass is 10.2. The van der Waals surface area contributed by atoms with E-state index in [0.717, 1.165) is 17.9 Å². The first-order chi connectivity index (χ1) is 7.24. The first kappa shape index (κ1) is 9.92. The third-order valence-electron chi connectivity index (χ3n) is 2.46. The van der Waals surface area contributed by atoms with E-state index >= 15 is 0 Å². The Labute approximate surface area is 88.0 Å². The fourth-order valence-electron chi connectivity index (χ4n) is 1.62. The van der Waals surface area contributed by atoms with Gasteiger partial charge in [0.05, 0.1) is 23.9 Å². The highest BCUT2D eigenvalue weighted by atomic mass is 16.3. The molecule has 80 valence electrons. The number of nitrogens with zero attached hydrogens (tertiary/aromatic N) is 4. The molecule has 0 bridgehead atoms. The molecule has 0 radical (unpaired) electrons. The second-order valence-electron chi connectivity index (χ2n) is 3.40. The molecule has 0 aliphatic rings. The zero-order valence-corrected chi connectivity index (χ0v) is 8.83. The molecule has 5 nitrogen and oxygen atoms in total. The summed E-state index contributed by atoms with van der Waals surface area (Å²) in [6, 6.07) is 1.82. The van der Waals surface area contributed by atoms with Gasteiger partial charge in [0.25, 0.3) is 0 Å². The van der Waals surface area contributed by atoms with Crippen LogP contribution >= 0.6 is 0 Å². The van der Waals surface area contributed by atoms with Gasteiger partial charge in [-0.1, -0.05) is 0 Å². The van der Waals surface area contributed by atoms with Crippen LogP contribution in [0.4, 0.5) is 0 Å². The number of aromatic nitrogens is 4. The number of imidazole rings is 1. The molecule has 2 heterocycles. The fourth-order valence-corrected chi connectivity index (χ4v) is 1.62. The minimum atomic E-state index is -0.667. The maximum absolute atomic E-state index is 10.1. The maximum Gasteiger partial charge on any atom is 0.137 e. The Hall–Kier alpha value is -1.62. The molecule has 2 rings (SSSR count). The van der Waals surface area contributed by atoms with Crippen molar-refractivity contribution in [3.05, 3.63) is 36.2 Å². The molecular weight excluding hydrogens is 192 g/mol. The van der Waals surface area contributed by atoms with Crippen LogP contribution in [0, 0.1) is 0 Å². The molecule has 0 saturated carbocycles. The quantitative estimate of drug-likeness (QED) is 0.805. The molecule has 2 aromatic rings. The molecule has 15 heavy (non-hydrogen) atoms. The molecule has 0 aromatic carbocycles. The Morgan fingerprint density at radius 3 is 2.87 bits per heavy atom. The normalized spacial score (nSPS) is 13.0. The predicted molar refractivity (Wildman–Crippen MR) is 55.2 cm³/mol. The standard InChI is InChI=1S/C10H14N4O/c1-3-14-8(4-5-12-14)10(15)9-6-11-7-13(9)2/h4-7,10,15H,3H2,1-2H3. The first-order valence-corrected chi connectivity index (χ1v) is 4.90. The Balaban J connectivity index is 2.36. The van der Waals surface area contributed by atoms with Crippen LogP contribution in [0.2, 0.25) is 0 Å². The summed E-state index contributed by atoms with van der Waals surface area (Å²) in [5.74, 6) is 0. The van der Waals surface area contributed by atoms with E-state index in [0.29, 0.717) is 0 Å². The first-order valence-electron chi connectivity index (χ1n) is 4.90. The van der Waals surface area contributed by atoms with Crippen molar-refractivity contribution in [3.8, 4) is 0 Å². The van der Waals surface area contributed by atoms with E-state index in [-0.39, 0.29) is 0 Å². The van der Waals surface area contributed by atoms with Gasteiger partial charge in [0.15, 0.2) is 0 Å². The van der Waals surface area contributed by atoms with E-state index in [1.807, 2.05) is 20.0 Å². The van der Waals surface area contributed by atoms with Crippen molar-refractivity contribution in [1.29, 1.82) is 0 Å². The Bertz CT molecular complexity index is 446. The zero-order chi connectivity index (χ0) is 10.8. The third kappa shape index (κ3) is 1.66. The topological polar surface area (TPSA) is 55.9 Å². The molecule has 0 aliphatic heterocycles. The van der Waals surface area contributed by atoms with Crippen LogP contribution in [0.1, 0.15) is 24.4 Å². The highest BCUT2D eigenvalue weighted by Gasteiger charge is 2.17. The van der Waals surface area contributed by atoms with Crippen molar-refractivity contribution in [2.45, 2.75) is 19.6 Å². The van der Waals surface area contributed by atoms with Gasteiger partial charge in [-0.05, 0) is 13.0 Å². The van der Waals surface area contributed by atoms with E-state index in [2.05, 4.69) is 10.1 Å². The van der Waals surface area contributed by atoms with Crippen LogP contribution < -0.4 is 0 Å². The smallest absolute Gasteiger partial charge is 0.137 e. The highest BCUT2D eigenvalue weighted by molar-refractivity contribution is 5.17. The number of rotatable bonds is 3. The van der Waals surface area contributed by atoms with Gasteiger partial charge in [-0.2, -0.15) is 5.10 Å². The summed E-state index contributed by atoms with van der Waals surface area (Å²) in [5.41, 5.74) is 1.56. The van der Waals surface area contributed by atoms with E-state index in [1.165, 1.54) is 0 Å². The van der Waals surface area contributed by atoms with Gasteiger partial charge in [-0.25, -0.2) is 4.98 Å². The van der Waals surface area contributed by atoms with Crippen molar-refractivity contribution in [2.75, 3.05) is 0 Å². The summed E-state index contributed by atoms with van der Waals surface area (Å²) in [6.07, 6.45) is 4.36. The van der Waals surface area contributed by atoms with Crippen LogP contribution in [0.25, 0.3) is 0 Å². The van der Waals surface area contributed by atoms with Gasteiger partial charge in [0, 0.05) is 19.8 Å². The summed E-state index contributed by atoms with van der Waals surface area (Å²) in [6.45, 7) is 2.74. The van der Waals surface area contributed by atoms with Crippen LogP contribution in [-0.4, -0.2) is 24.4 Å². The lowest BCUT2D eigenvalue weighted by Crippen LogP contribution is -2.11. The summed E-state index contributed by atoms with van der Waals surface area (Å²) >= 11 is 0. The summed E-state index contributed by atoms with van der Waals surface area (Å²) < 4.78 is 3.58. The summed E-state index contributed by atoms with van der Waals surface area (Å²) in [5, 5.41) is 14.3. The van der Waals surface area contributed by atoms with Crippen LogP contribution in [-0.2, 0) is 13.6 Å². The molecule has 2 aromatic heterocycles. The molecule has 1 atom stereocenters. The summed E-state index contributed by atoms with van der Waals surface area (Å²) in [4.78, 5) is 3.98.